The lowest BCUT2D eigenvalue weighted by Gasteiger charge is -2.22. The fraction of sp³-hybridized carbons (Fsp3) is 0.562. The number of hydrogen-bond donors (Lipinski definition) is 2. The van der Waals surface area contributed by atoms with Crippen LogP contribution in [-0.4, -0.2) is 30.8 Å². The standard InChI is InChI=1S/C16H20BrNO4/c1-2-10-14(12-6-9(8-18-12)16(19)20)11(17)7-13-15(10)22-5-3-4-21-13/h7,9,12,18H,2-6,8H2,1H3,(H,19,20). The summed E-state index contributed by atoms with van der Waals surface area (Å²) in [5.74, 6) is 0.521. The molecule has 1 fully saturated rings. The fourth-order valence-corrected chi connectivity index (χ4v) is 3.95. The SMILES string of the molecule is CCc1c2c(cc(Br)c1C1CC(C(=O)O)CN1)OCCCO2. The molecule has 2 unspecified atom stereocenters. The summed E-state index contributed by atoms with van der Waals surface area (Å²) in [5, 5.41) is 12.5. The summed E-state index contributed by atoms with van der Waals surface area (Å²) in [7, 11) is 0. The van der Waals surface area contributed by atoms with Gasteiger partial charge in [0.25, 0.3) is 0 Å². The van der Waals surface area contributed by atoms with Crippen molar-refractivity contribution in [3.8, 4) is 11.5 Å². The smallest absolute Gasteiger partial charge is 0.307 e. The van der Waals surface area contributed by atoms with Crippen LogP contribution in [-0.2, 0) is 11.2 Å². The Morgan fingerprint density at radius 1 is 1.45 bits per heavy atom. The first-order valence-electron chi connectivity index (χ1n) is 7.68. The van der Waals surface area contributed by atoms with Crippen LogP contribution >= 0.6 is 15.9 Å². The van der Waals surface area contributed by atoms with Crippen molar-refractivity contribution in [2.24, 2.45) is 5.92 Å². The first-order valence-corrected chi connectivity index (χ1v) is 8.48. The number of aliphatic carboxylic acids is 1. The molecular weight excluding hydrogens is 350 g/mol. The van der Waals surface area contributed by atoms with E-state index in [4.69, 9.17) is 9.47 Å². The summed E-state index contributed by atoms with van der Waals surface area (Å²) < 4.78 is 12.6. The minimum atomic E-state index is -0.737. The van der Waals surface area contributed by atoms with Gasteiger partial charge in [0.05, 0.1) is 19.1 Å². The number of hydrogen-bond acceptors (Lipinski definition) is 4. The highest BCUT2D eigenvalue weighted by Crippen LogP contribution is 2.44. The second-order valence-electron chi connectivity index (χ2n) is 5.71. The highest BCUT2D eigenvalue weighted by atomic mass is 79.9. The molecule has 0 amide bonds. The van der Waals surface area contributed by atoms with E-state index < -0.39 is 5.97 Å². The number of benzene rings is 1. The normalized spacial score (nSPS) is 24.1. The molecule has 0 aromatic heterocycles. The average molecular weight is 370 g/mol. The van der Waals surface area contributed by atoms with Gasteiger partial charge in [-0.2, -0.15) is 0 Å². The average Bonchev–Trinajstić information content (AvgIpc) is 2.86. The predicted octanol–water partition coefficient (Wildman–Crippen LogP) is 2.91. The summed E-state index contributed by atoms with van der Waals surface area (Å²) >= 11 is 3.64. The third-order valence-corrected chi connectivity index (χ3v) is 4.97. The van der Waals surface area contributed by atoms with Crippen molar-refractivity contribution in [3.05, 3.63) is 21.7 Å². The monoisotopic (exact) mass is 369 g/mol. The molecule has 1 saturated heterocycles. The van der Waals surface area contributed by atoms with Crippen molar-refractivity contribution in [1.29, 1.82) is 0 Å². The Bertz CT molecular complexity index is 590. The molecule has 0 aliphatic carbocycles. The number of halogens is 1. The summed E-state index contributed by atoms with van der Waals surface area (Å²) in [4.78, 5) is 11.2. The molecule has 2 heterocycles. The van der Waals surface area contributed by atoms with Gasteiger partial charge in [-0.05, 0) is 24.5 Å². The van der Waals surface area contributed by atoms with Crippen molar-refractivity contribution in [3.63, 3.8) is 0 Å². The summed E-state index contributed by atoms with van der Waals surface area (Å²) in [6.07, 6.45) is 2.28. The minimum absolute atomic E-state index is 0.0302. The molecule has 0 saturated carbocycles. The summed E-state index contributed by atoms with van der Waals surface area (Å²) in [6.45, 7) is 3.90. The molecule has 120 valence electrons. The largest absolute Gasteiger partial charge is 0.490 e. The third-order valence-electron chi connectivity index (χ3n) is 4.31. The van der Waals surface area contributed by atoms with E-state index >= 15 is 0 Å². The van der Waals surface area contributed by atoms with Gasteiger partial charge >= 0.3 is 5.97 Å². The molecule has 1 aromatic carbocycles. The number of carboxylic acids is 1. The molecule has 1 aromatic rings. The molecule has 0 bridgehead atoms. The zero-order valence-electron chi connectivity index (χ0n) is 12.5. The lowest BCUT2D eigenvalue weighted by molar-refractivity contribution is -0.141. The van der Waals surface area contributed by atoms with Gasteiger partial charge in [-0.15, -0.1) is 0 Å². The molecular formula is C16H20BrNO4. The lowest BCUT2D eigenvalue weighted by atomic mass is 9.93. The van der Waals surface area contributed by atoms with Crippen molar-refractivity contribution >= 4 is 21.9 Å². The van der Waals surface area contributed by atoms with E-state index in [-0.39, 0.29) is 12.0 Å². The van der Waals surface area contributed by atoms with E-state index in [9.17, 15) is 9.90 Å². The van der Waals surface area contributed by atoms with E-state index in [1.807, 2.05) is 6.07 Å². The van der Waals surface area contributed by atoms with Gasteiger partial charge in [-0.1, -0.05) is 22.9 Å². The molecule has 2 aliphatic heterocycles. The Morgan fingerprint density at radius 2 is 2.23 bits per heavy atom. The summed E-state index contributed by atoms with van der Waals surface area (Å²) in [5.41, 5.74) is 2.21. The Kier molecular flexibility index (Phi) is 4.59. The highest BCUT2D eigenvalue weighted by molar-refractivity contribution is 9.10. The van der Waals surface area contributed by atoms with Crippen molar-refractivity contribution in [2.75, 3.05) is 19.8 Å². The van der Waals surface area contributed by atoms with E-state index in [1.165, 1.54) is 0 Å². The molecule has 3 rings (SSSR count). The molecule has 0 spiro atoms. The highest BCUT2D eigenvalue weighted by Gasteiger charge is 2.34. The second-order valence-corrected chi connectivity index (χ2v) is 6.57. The molecule has 2 aliphatic rings. The van der Waals surface area contributed by atoms with Crippen molar-refractivity contribution < 1.29 is 19.4 Å². The maximum atomic E-state index is 11.2. The van der Waals surface area contributed by atoms with Crippen LogP contribution in [0.25, 0.3) is 0 Å². The third kappa shape index (κ3) is 2.82. The first kappa shape index (κ1) is 15.6. The second kappa shape index (κ2) is 6.46. The topological polar surface area (TPSA) is 67.8 Å². The molecule has 2 atom stereocenters. The number of rotatable bonds is 3. The van der Waals surface area contributed by atoms with Crippen molar-refractivity contribution in [1.82, 2.24) is 5.32 Å². The Balaban J connectivity index is 2.00. The van der Waals surface area contributed by atoms with Gasteiger partial charge < -0.3 is 19.9 Å². The Hall–Kier alpha value is -1.27. The van der Waals surface area contributed by atoms with Gasteiger partial charge in [0, 0.05) is 29.0 Å². The maximum absolute atomic E-state index is 11.2. The maximum Gasteiger partial charge on any atom is 0.307 e. The molecule has 2 N–H and O–H groups in total. The van der Waals surface area contributed by atoms with Gasteiger partial charge in [-0.3, -0.25) is 4.79 Å². The van der Waals surface area contributed by atoms with Crippen LogP contribution in [0.4, 0.5) is 0 Å². The van der Waals surface area contributed by atoms with Crippen LogP contribution in [0.15, 0.2) is 10.5 Å². The fourth-order valence-electron chi connectivity index (χ4n) is 3.23. The number of carboxylic acid groups (broad SMARTS) is 1. The quantitative estimate of drug-likeness (QED) is 0.857. The Morgan fingerprint density at radius 3 is 2.91 bits per heavy atom. The number of nitrogens with one attached hydrogen (secondary N) is 1. The van der Waals surface area contributed by atoms with Crippen LogP contribution in [0.5, 0.6) is 11.5 Å². The van der Waals surface area contributed by atoms with Crippen LogP contribution in [0.2, 0.25) is 0 Å². The number of ether oxygens (including phenoxy) is 2. The molecule has 22 heavy (non-hydrogen) atoms. The number of fused-ring (bicyclic) bond motifs is 1. The van der Waals surface area contributed by atoms with E-state index in [0.29, 0.717) is 26.2 Å². The van der Waals surface area contributed by atoms with E-state index in [2.05, 4.69) is 28.2 Å². The van der Waals surface area contributed by atoms with Gasteiger partial charge in [0.15, 0.2) is 11.5 Å². The minimum Gasteiger partial charge on any atom is -0.490 e. The van der Waals surface area contributed by atoms with E-state index in [1.54, 1.807) is 0 Å². The first-order chi connectivity index (χ1) is 10.6. The van der Waals surface area contributed by atoms with Crippen LogP contribution < -0.4 is 14.8 Å². The van der Waals surface area contributed by atoms with Crippen LogP contribution in [0.1, 0.15) is 36.9 Å². The predicted molar refractivity (Wildman–Crippen MR) is 85.6 cm³/mol. The van der Waals surface area contributed by atoms with Gasteiger partial charge in [0.2, 0.25) is 0 Å². The molecule has 6 heteroatoms. The Labute approximate surface area is 138 Å². The molecule has 5 nitrogen and oxygen atoms in total. The van der Waals surface area contributed by atoms with Crippen LogP contribution in [0, 0.1) is 5.92 Å². The summed E-state index contributed by atoms with van der Waals surface area (Å²) in [6, 6.07) is 1.98. The van der Waals surface area contributed by atoms with Gasteiger partial charge in [0.1, 0.15) is 0 Å². The zero-order valence-corrected chi connectivity index (χ0v) is 14.1. The van der Waals surface area contributed by atoms with Crippen molar-refractivity contribution in [2.45, 2.75) is 32.2 Å². The zero-order chi connectivity index (χ0) is 15.7. The lowest BCUT2D eigenvalue weighted by Crippen LogP contribution is -2.18. The molecule has 0 radical (unpaired) electrons. The van der Waals surface area contributed by atoms with Gasteiger partial charge in [-0.25, -0.2) is 0 Å². The van der Waals surface area contributed by atoms with Crippen LogP contribution in [0.3, 0.4) is 0 Å². The van der Waals surface area contributed by atoms with E-state index in [0.717, 1.165) is 39.9 Å². The number of carbonyl (C=O) groups is 1.